The van der Waals surface area contributed by atoms with Crippen molar-refractivity contribution in [3.63, 3.8) is 0 Å². The van der Waals surface area contributed by atoms with Crippen LogP contribution >= 0.6 is 0 Å². The second kappa shape index (κ2) is 5.40. The van der Waals surface area contributed by atoms with E-state index in [1.165, 1.54) is 11.1 Å². The molecule has 2 aromatic rings. The van der Waals surface area contributed by atoms with Gasteiger partial charge in [-0.25, -0.2) is 4.39 Å². The molecule has 1 N–H and O–H groups in total. The molecular formula is C19H20FNO. The van der Waals surface area contributed by atoms with Crippen LogP contribution in [0.15, 0.2) is 42.5 Å². The van der Waals surface area contributed by atoms with E-state index < -0.39 is 0 Å². The van der Waals surface area contributed by atoms with Crippen LogP contribution in [-0.4, -0.2) is 6.61 Å². The Morgan fingerprint density at radius 2 is 1.95 bits per heavy atom. The number of halogens is 1. The fraction of sp³-hybridized carbons (Fsp3) is 0.368. The first kappa shape index (κ1) is 13.8. The maximum absolute atomic E-state index is 13.2. The van der Waals surface area contributed by atoms with Crippen LogP contribution in [0.2, 0.25) is 0 Å². The molecule has 0 unspecified atom stereocenters. The number of nitrogens with one attached hydrogen (secondary N) is 1. The number of aryl methyl sites for hydroxylation is 1. The lowest BCUT2D eigenvalue weighted by atomic mass is 9.77. The van der Waals surface area contributed by atoms with Gasteiger partial charge in [0.05, 0.1) is 12.1 Å². The molecule has 2 nitrogen and oxygen atoms in total. The summed E-state index contributed by atoms with van der Waals surface area (Å²) < 4.78 is 19.3. The van der Waals surface area contributed by atoms with E-state index in [1.54, 1.807) is 12.1 Å². The van der Waals surface area contributed by atoms with Crippen LogP contribution in [0.3, 0.4) is 0 Å². The first-order valence-corrected chi connectivity index (χ1v) is 7.96. The average molecular weight is 297 g/mol. The van der Waals surface area contributed by atoms with Gasteiger partial charge in [-0.15, -0.1) is 0 Å². The fourth-order valence-electron chi connectivity index (χ4n) is 3.79. The highest BCUT2D eigenvalue weighted by atomic mass is 19.1. The van der Waals surface area contributed by atoms with Gasteiger partial charge in [0, 0.05) is 23.8 Å². The van der Waals surface area contributed by atoms with E-state index in [-0.39, 0.29) is 18.0 Å². The molecular weight excluding hydrogens is 277 g/mol. The lowest BCUT2D eigenvalue weighted by Crippen LogP contribution is -2.36. The van der Waals surface area contributed by atoms with Gasteiger partial charge in [0.1, 0.15) is 5.82 Å². The van der Waals surface area contributed by atoms with Gasteiger partial charge in [0.25, 0.3) is 0 Å². The first-order chi connectivity index (χ1) is 10.7. The van der Waals surface area contributed by atoms with E-state index in [9.17, 15) is 4.39 Å². The summed E-state index contributed by atoms with van der Waals surface area (Å²) in [6.07, 6.45) is 2.36. The molecule has 2 aliphatic rings. The number of hydrogen-bond acceptors (Lipinski definition) is 2. The highest BCUT2D eigenvalue weighted by Crippen LogP contribution is 2.49. The Labute approximate surface area is 130 Å². The molecule has 0 aromatic heterocycles. The van der Waals surface area contributed by atoms with E-state index >= 15 is 0 Å². The fourth-order valence-corrected chi connectivity index (χ4v) is 3.79. The van der Waals surface area contributed by atoms with Gasteiger partial charge in [-0.3, -0.25) is 0 Å². The lowest BCUT2D eigenvalue weighted by Gasteiger charge is -2.43. The molecule has 4 rings (SSSR count). The summed E-state index contributed by atoms with van der Waals surface area (Å²) in [6, 6.07) is 13.5. The molecule has 2 heterocycles. The molecule has 2 aromatic carbocycles. The van der Waals surface area contributed by atoms with E-state index in [0.29, 0.717) is 5.92 Å². The van der Waals surface area contributed by atoms with Crippen LogP contribution in [0.25, 0.3) is 0 Å². The summed E-state index contributed by atoms with van der Waals surface area (Å²) in [4.78, 5) is 0. The van der Waals surface area contributed by atoms with Crippen molar-refractivity contribution in [2.45, 2.75) is 31.9 Å². The van der Waals surface area contributed by atoms with Crippen LogP contribution in [0.5, 0.6) is 0 Å². The van der Waals surface area contributed by atoms with Gasteiger partial charge in [-0.2, -0.15) is 0 Å². The molecule has 0 saturated carbocycles. The van der Waals surface area contributed by atoms with Gasteiger partial charge < -0.3 is 10.1 Å². The zero-order valence-corrected chi connectivity index (χ0v) is 12.7. The van der Waals surface area contributed by atoms with Crippen molar-refractivity contribution in [1.29, 1.82) is 0 Å². The lowest BCUT2D eigenvalue weighted by molar-refractivity contribution is -0.0381. The second-order valence-corrected chi connectivity index (χ2v) is 6.36. The molecule has 2 aliphatic heterocycles. The third-order valence-corrected chi connectivity index (χ3v) is 4.85. The topological polar surface area (TPSA) is 21.3 Å². The number of anilines is 1. The summed E-state index contributed by atoms with van der Waals surface area (Å²) in [5, 5.41) is 3.66. The van der Waals surface area contributed by atoms with Crippen molar-refractivity contribution < 1.29 is 9.13 Å². The van der Waals surface area contributed by atoms with Crippen LogP contribution in [0.4, 0.5) is 10.1 Å². The number of rotatable bonds is 1. The first-order valence-electron chi connectivity index (χ1n) is 7.96. The summed E-state index contributed by atoms with van der Waals surface area (Å²) >= 11 is 0. The third-order valence-electron chi connectivity index (χ3n) is 4.85. The second-order valence-electron chi connectivity index (χ2n) is 6.36. The zero-order chi connectivity index (χ0) is 15.1. The van der Waals surface area contributed by atoms with Crippen LogP contribution < -0.4 is 5.32 Å². The van der Waals surface area contributed by atoms with Gasteiger partial charge in [0.15, 0.2) is 0 Å². The van der Waals surface area contributed by atoms with Crippen molar-refractivity contribution in [2.75, 3.05) is 11.9 Å². The Bertz CT molecular complexity index is 682. The number of fused-ring (bicyclic) bond motifs is 3. The molecule has 0 spiro atoms. The monoisotopic (exact) mass is 297 g/mol. The Morgan fingerprint density at radius 1 is 1.14 bits per heavy atom. The summed E-state index contributed by atoms with van der Waals surface area (Å²) in [6.45, 7) is 2.94. The SMILES string of the molecule is Cc1ccc2c(c1)[C@@H]1OCCC[C@H]1[C@H](c1ccc(F)cc1)N2. The van der Waals surface area contributed by atoms with Crippen molar-refractivity contribution in [2.24, 2.45) is 5.92 Å². The van der Waals surface area contributed by atoms with Crippen molar-refractivity contribution in [1.82, 2.24) is 0 Å². The standard InChI is InChI=1S/C19H20FNO/c1-12-4-9-17-16(11-12)19-15(3-2-10-22-19)18(21-17)13-5-7-14(20)8-6-13/h4-9,11,15,18-19,21H,2-3,10H2,1H3/t15-,18-,19+/m0/s1. The van der Waals surface area contributed by atoms with Gasteiger partial charge in [-0.05, 0) is 43.5 Å². The molecule has 0 radical (unpaired) electrons. The molecule has 0 aliphatic carbocycles. The predicted molar refractivity (Wildman–Crippen MR) is 85.4 cm³/mol. The Hall–Kier alpha value is -1.87. The Morgan fingerprint density at radius 3 is 2.77 bits per heavy atom. The van der Waals surface area contributed by atoms with Crippen molar-refractivity contribution in [3.05, 3.63) is 65.0 Å². The predicted octanol–water partition coefficient (Wildman–Crippen LogP) is 4.77. The van der Waals surface area contributed by atoms with E-state index in [2.05, 4.69) is 30.4 Å². The van der Waals surface area contributed by atoms with E-state index in [4.69, 9.17) is 4.74 Å². The van der Waals surface area contributed by atoms with Crippen LogP contribution in [0, 0.1) is 18.7 Å². The summed E-state index contributed by atoms with van der Waals surface area (Å²) in [5.41, 5.74) is 4.80. The van der Waals surface area contributed by atoms with Crippen LogP contribution in [0.1, 0.15) is 41.7 Å². The normalized spacial score (nSPS) is 26.7. The smallest absolute Gasteiger partial charge is 0.123 e. The number of benzene rings is 2. The third kappa shape index (κ3) is 2.30. The molecule has 1 saturated heterocycles. The van der Waals surface area contributed by atoms with E-state index in [0.717, 1.165) is 30.7 Å². The Balaban J connectivity index is 1.77. The van der Waals surface area contributed by atoms with Crippen LogP contribution in [-0.2, 0) is 4.74 Å². The molecule has 3 atom stereocenters. The largest absolute Gasteiger partial charge is 0.378 e. The molecule has 3 heteroatoms. The van der Waals surface area contributed by atoms with Gasteiger partial charge >= 0.3 is 0 Å². The number of hydrogen-bond donors (Lipinski definition) is 1. The van der Waals surface area contributed by atoms with Crippen molar-refractivity contribution in [3.8, 4) is 0 Å². The number of ether oxygens (including phenoxy) is 1. The van der Waals surface area contributed by atoms with E-state index in [1.807, 2.05) is 12.1 Å². The van der Waals surface area contributed by atoms with Gasteiger partial charge in [-0.1, -0.05) is 29.8 Å². The van der Waals surface area contributed by atoms with Crippen molar-refractivity contribution >= 4 is 5.69 Å². The molecule has 22 heavy (non-hydrogen) atoms. The molecule has 1 fully saturated rings. The minimum atomic E-state index is -0.188. The molecule has 0 bridgehead atoms. The molecule has 0 amide bonds. The maximum atomic E-state index is 13.2. The Kier molecular flexibility index (Phi) is 3.38. The van der Waals surface area contributed by atoms with Gasteiger partial charge in [0.2, 0.25) is 0 Å². The minimum Gasteiger partial charge on any atom is -0.378 e. The zero-order valence-electron chi connectivity index (χ0n) is 12.7. The average Bonchev–Trinajstić information content (AvgIpc) is 2.55. The highest BCUT2D eigenvalue weighted by Gasteiger charge is 2.39. The highest BCUT2D eigenvalue weighted by molar-refractivity contribution is 5.58. The summed E-state index contributed by atoms with van der Waals surface area (Å²) in [5.74, 6) is 0.209. The molecule has 114 valence electrons. The minimum absolute atomic E-state index is 0.139. The maximum Gasteiger partial charge on any atom is 0.123 e. The quantitative estimate of drug-likeness (QED) is 0.818. The summed E-state index contributed by atoms with van der Waals surface area (Å²) in [7, 11) is 0.